The Morgan fingerprint density at radius 1 is 1.35 bits per heavy atom. The second-order valence-electron chi connectivity index (χ2n) is 4.28. The van der Waals surface area contributed by atoms with Crippen LogP contribution in [0.4, 0.5) is 5.69 Å². The van der Waals surface area contributed by atoms with E-state index in [1.165, 1.54) is 23.5 Å². The van der Waals surface area contributed by atoms with E-state index >= 15 is 0 Å². The molecule has 106 valence electrons. The van der Waals surface area contributed by atoms with Crippen LogP contribution in [0.2, 0.25) is 9.36 Å². The van der Waals surface area contributed by atoms with Crippen LogP contribution in [-0.4, -0.2) is 4.92 Å². The van der Waals surface area contributed by atoms with Crippen molar-refractivity contribution in [2.75, 3.05) is 0 Å². The normalized spacial score (nSPS) is 12.3. The highest BCUT2D eigenvalue weighted by atomic mass is 35.5. The molecule has 7 heteroatoms. The number of thiophene rings is 1. The Labute approximate surface area is 130 Å². The van der Waals surface area contributed by atoms with Crippen LogP contribution in [-0.2, 0) is 6.54 Å². The molecule has 0 radical (unpaired) electrons. The summed E-state index contributed by atoms with van der Waals surface area (Å²) in [4.78, 5) is 11.3. The molecule has 1 aromatic heterocycles. The van der Waals surface area contributed by atoms with Crippen molar-refractivity contribution < 1.29 is 4.92 Å². The second-order valence-corrected chi connectivity index (χ2v) is 6.43. The Kier molecular flexibility index (Phi) is 4.99. The van der Waals surface area contributed by atoms with Gasteiger partial charge in [0.2, 0.25) is 0 Å². The standard InChI is InChI=1S/C13H12Cl2N2O2S/c1-8(12-4-5-13(15)20-12)16-7-9-2-3-10(17(18)19)6-11(9)14/h2-6,8,16H,7H2,1H3. The molecule has 0 bridgehead atoms. The van der Waals surface area contributed by atoms with Gasteiger partial charge in [-0.3, -0.25) is 10.1 Å². The van der Waals surface area contributed by atoms with Gasteiger partial charge in [0.25, 0.3) is 5.69 Å². The number of nitrogens with one attached hydrogen (secondary N) is 1. The zero-order valence-corrected chi connectivity index (χ0v) is 12.9. The van der Waals surface area contributed by atoms with Crippen molar-refractivity contribution in [1.82, 2.24) is 5.32 Å². The number of halogens is 2. The quantitative estimate of drug-likeness (QED) is 0.632. The molecule has 0 aliphatic rings. The first-order valence-electron chi connectivity index (χ1n) is 5.89. The molecular formula is C13H12Cl2N2O2S. The molecule has 1 heterocycles. The van der Waals surface area contributed by atoms with E-state index in [9.17, 15) is 10.1 Å². The summed E-state index contributed by atoms with van der Waals surface area (Å²) in [7, 11) is 0. The van der Waals surface area contributed by atoms with Crippen LogP contribution in [0, 0.1) is 10.1 Å². The lowest BCUT2D eigenvalue weighted by atomic mass is 10.2. The van der Waals surface area contributed by atoms with Crippen LogP contribution in [0.1, 0.15) is 23.4 Å². The van der Waals surface area contributed by atoms with Gasteiger partial charge in [-0.2, -0.15) is 0 Å². The van der Waals surface area contributed by atoms with E-state index in [4.69, 9.17) is 23.2 Å². The predicted octanol–water partition coefficient (Wildman–Crippen LogP) is 4.81. The van der Waals surface area contributed by atoms with Crippen molar-refractivity contribution in [3.8, 4) is 0 Å². The van der Waals surface area contributed by atoms with E-state index in [1.54, 1.807) is 6.07 Å². The molecule has 1 N–H and O–H groups in total. The maximum absolute atomic E-state index is 10.6. The zero-order chi connectivity index (χ0) is 14.7. The molecule has 0 fully saturated rings. The summed E-state index contributed by atoms with van der Waals surface area (Å²) in [6.07, 6.45) is 0. The Morgan fingerprint density at radius 2 is 2.10 bits per heavy atom. The molecule has 20 heavy (non-hydrogen) atoms. The molecule has 1 atom stereocenters. The molecule has 0 saturated heterocycles. The first-order chi connectivity index (χ1) is 9.47. The van der Waals surface area contributed by atoms with Crippen LogP contribution in [0.3, 0.4) is 0 Å². The number of benzene rings is 1. The molecule has 0 aliphatic carbocycles. The van der Waals surface area contributed by atoms with Crippen molar-refractivity contribution in [2.24, 2.45) is 0 Å². The summed E-state index contributed by atoms with van der Waals surface area (Å²) < 4.78 is 0.752. The molecule has 1 unspecified atom stereocenters. The maximum atomic E-state index is 10.6. The lowest BCUT2D eigenvalue weighted by Crippen LogP contribution is -2.17. The second kappa shape index (κ2) is 6.54. The summed E-state index contributed by atoms with van der Waals surface area (Å²) in [5, 5.41) is 14.3. The van der Waals surface area contributed by atoms with Crippen LogP contribution < -0.4 is 5.32 Å². The van der Waals surface area contributed by atoms with Crippen molar-refractivity contribution in [1.29, 1.82) is 0 Å². The molecule has 2 rings (SSSR count). The molecule has 1 aromatic carbocycles. The smallest absolute Gasteiger partial charge is 0.270 e. The highest BCUT2D eigenvalue weighted by molar-refractivity contribution is 7.16. The van der Waals surface area contributed by atoms with E-state index in [0.29, 0.717) is 11.6 Å². The Hall–Kier alpha value is -1.14. The third-order valence-corrected chi connectivity index (χ3v) is 4.63. The third-order valence-electron chi connectivity index (χ3n) is 2.87. The van der Waals surface area contributed by atoms with Gasteiger partial charge in [-0.15, -0.1) is 11.3 Å². The topological polar surface area (TPSA) is 55.2 Å². The summed E-state index contributed by atoms with van der Waals surface area (Å²) in [6.45, 7) is 2.56. The van der Waals surface area contributed by atoms with Gasteiger partial charge < -0.3 is 5.32 Å². The summed E-state index contributed by atoms with van der Waals surface area (Å²) >= 11 is 13.5. The van der Waals surface area contributed by atoms with Gasteiger partial charge >= 0.3 is 0 Å². The minimum absolute atomic E-state index is 0.00293. The van der Waals surface area contributed by atoms with Crippen LogP contribution in [0.5, 0.6) is 0 Å². The number of hydrogen-bond acceptors (Lipinski definition) is 4. The van der Waals surface area contributed by atoms with Gasteiger partial charge in [0.1, 0.15) is 0 Å². The minimum atomic E-state index is -0.459. The fourth-order valence-electron chi connectivity index (χ4n) is 1.72. The Bertz CT molecular complexity index is 631. The van der Waals surface area contributed by atoms with Gasteiger partial charge in [-0.25, -0.2) is 0 Å². The van der Waals surface area contributed by atoms with Gasteiger partial charge in [0.15, 0.2) is 0 Å². The summed E-state index contributed by atoms with van der Waals surface area (Å²) in [6, 6.07) is 8.46. The monoisotopic (exact) mass is 330 g/mol. The van der Waals surface area contributed by atoms with Gasteiger partial charge in [-0.1, -0.05) is 23.2 Å². The van der Waals surface area contributed by atoms with Crippen molar-refractivity contribution in [3.63, 3.8) is 0 Å². The van der Waals surface area contributed by atoms with Crippen molar-refractivity contribution in [2.45, 2.75) is 19.5 Å². The number of nitro groups is 1. The Balaban J connectivity index is 2.02. The molecule has 4 nitrogen and oxygen atoms in total. The largest absolute Gasteiger partial charge is 0.305 e. The zero-order valence-electron chi connectivity index (χ0n) is 10.6. The molecule has 0 spiro atoms. The molecule has 0 amide bonds. The van der Waals surface area contributed by atoms with Gasteiger partial charge in [0.05, 0.1) is 14.3 Å². The predicted molar refractivity (Wildman–Crippen MR) is 82.7 cm³/mol. The van der Waals surface area contributed by atoms with Gasteiger partial charge in [0, 0.05) is 29.6 Å². The highest BCUT2D eigenvalue weighted by Crippen LogP contribution is 2.27. The number of non-ortho nitro benzene ring substituents is 1. The molecule has 0 aliphatic heterocycles. The van der Waals surface area contributed by atoms with Crippen LogP contribution >= 0.6 is 34.5 Å². The van der Waals surface area contributed by atoms with Crippen molar-refractivity contribution in [3.05, 3.63) is 60.2 Å². The molecular weight excluding hydrogens is 319 g/mol. The maximum Gasteiger partial charge on any atom is 0.270 e. The molecule has 2 aromatic rings. The fourth-order valence-corrected chi connectivity index (χ4v) is 3.05. The van der Waals surface area contributed by atoms with Crippen molar-refractivity contribution >= 4 is 40.2 Å². The number of nitro benzene ring substituents is 1. The van der Waals surface area contributed by atoms with E-state index < -0.39 is 4.92 Å². The fraction of sp³-hybridized carbons (Fsp3) is 0.231. The van der Waals surface area contributed by atoms with E-state index in [2.05, 4.69) is 5.32 Å². The van der Waals surface area contributed by atoms with E-state index in [0.717, 1.165) is 14.8 Å². The van der Waals surface area contributed by atoms with Gasteiger partial charge in [-0.05, 0) is 30.7 Å². The van der Waals surface area contributed by atoms with E-state index in [-0.39, 0.29) is 11.7 Å². The average Bonchev–Trinajstić information content (AvgIpc) is 2.83. The number of rotatable bonds is 5. The first-order valence-corrected chi connectivity index (χ1v) is 7.46. The summed E-state index contributed by atoms with van der Waals surface area (Å²) in [5.74, 6) is 0. The SMILES string of the molecule is CC(NCc1ccc([N+](=O)[O-])cc1Cl)c1ccc(Cl)s1. The lowest BCUT2D eigenvalue weighted by Gasteiger charge is -2.12. The van der Waals surface area contributed by atoms with Crippen LogP contribution in [0.25, 0.3) is 0 Å². The number of hydrogen-bond donors (Lipinski definition) is 1. The lowest BCUT2D eigenvalue weighted by molar-refractivity contribution is -0.384. The first kappa shape index (κ1) is 15.3. The third kappa shape index (κ3) is 3.70. The average molecular weight is 331 g/mol. The van der Waals surface area contributed by atoms with E-state index in [1.807, 2.05) is 19.1 Å². The Morgan fingerprint density at radius 3 is 2.65 bits per heavy atom. The van der Waals surface area contributed by atoms with Crippen LogP contribution in [0.15, 0.2) is 30.3 Å². The molecule has 0 saturated carbocycles. The number of nitrogens with zero attached hydrogens (tertiary/aromatic N) is 1. The minimum Gasteiger partial charge on any atom is -0.305 e. The summed E-state index contributed by atoms with van der Waals surface area (Å²) in [5.41, 5.74) is 0.823. The highest BCUT2D eigenvalue weighted by Gasteiger charge is 2.11.